The Bertz CT molecular complexity index is 816. The second-order valence-electron chi connectivity index (χ2n) is 4.88. The number of halogens is 1. The molecule has 0 radical (unpaired) electrons. The van der Waals surface area contributed by atoms with Crippen molar-refractivity contribution in [1.29, 1.82) is 0 Å². The third-order valence-electron chi connectivity index (χ3n) is 3.03. The number of hydrazone groups is 1. The van der Waals surface area contributed by atoms with E-state index < -0.39 is 0 Å². The molecule has 6 heteroatoms. The molecule has 0 bridgehead atoms. The summed E-state index contributed by atoms with van der Waals surface area (Å²) in [6, 6.07) is 13.5. The van der Waals surface area contributed by atoms with Gasteiger partial charge in [0.1, 0.15) is 0 Å². The first-order valence-corrected chi connectivity index (χ1v) is 7.81. The molecule has 0 fully saturated rings. The zero-order chi connectivity index (χ0) is 16.1. The van der Waals surface area contributed by atoms with Crippen LogP contribution in [0.5, 0.6) is 0 Å². The van der Waals surface area contributed by atoms with Gasteiger partial charge in [-0.3, -0.25) is 10.4 Å². The van der Waals surface area contributed by atoms with E-state index in [-0.39, 0.29) is 0 Å². The van der Waals surface area contributed by atoms with Crippen molar-refractivity contribution < 1.29 is 0 Å². The van der Waals surface area contributed by atoms with Crippen LogP contribution in [0.15, 0.2) is 64.4 Å². The standard InChI is InChI=1S/C17H14BrN5/c1-12-9-16(23-20-11-13-3-2-8-19-10-13)22-17(21-12)14-4-6-15(18)7-5-14/h2-11H,1H3,(H,21,22,23)/b20-11+. The van der Waals surface area contributed by atoms with Crippen LogP contribution in [0.25, 0.3) is 11.4 Å². The molecule has 3 aromatic rings. The molecule has 0 spiro atoms. The molecule has 2 heterocycles. The van der Waals surface area contributed by atoms with Gasteiger partial charge in [-0.15, -0.1) is 0 Å². The predicted molar refractivity (Wildman–Crippen MR) is 95.4 cm³/mol. The van der Waals surface area contributed by atoms with Gasteiger partial charge in [0.05, 0.1) is 6.21 Å². The maximum absolute atomic E-state index is 4.50. The zero-order valence-electron chi connectivity index (χ0n) is 12.4. The van der Waals surface area contributed by atoms with Gasteiger partial charge in [0.15, 0.2) is 11.6 Å². The van der Waals surface area contributed by atoms with Crippen molar-refractivity contribution in [3.05, 3.63) is 70.6 Å². The summed E-state index contributed by atoms with van der Waals surface area (Å²) in [7, 11) is 0. The number of rotatable bonds is 4. The van der Waals surface area contributed by atoms with E-state index in [0.29, 0.717) is 11.6 Å². The lowest BCUT2D eigenvalue weighted by Gasteiger charge is -2.05. The highest BCUT2D eigenvalue weighted by molar-refractivity contribution is 9.10. The van der Waals surface area contributed by atoms with Crippen LogP contribution >= 0.6 is 15.9 Å². The largest absolute Gasteiger partial charge is 0.264 e. The average molecular weight is 368 g/mol. The van der Waals surface area contributed by atoms with Crippen LogP contribution < -0.4 is 5.43 Å². The zero-order valence-corrected chi connectivity index (χ0v) is 14.0. The molecule has 23 heavy (non-hydrogen) atoms. The molecule has 0 saturated carbocycles. The monoisotopic (exact) mass is 367 g/mol. The minimum Gasteiger partial charge on any atom is -0.264 e. The number of hydrogen-bond donors (Lipinski definition) is 1. The third-order valence-corrected chi connectivity index (χ3v) is 3.56. The summed E-state index contributed by atoms with van der Waals surface area (Å²) in [4.78, 5) is 13.0. The molecule has 1 N–H and O–H groups in total. The molecule has 0 unspecified atom stereocenters. The second kappa shape index (κ2) is 7.11. The first-order chi connectivity index (χ1) is 11.2. The summed E-state index contributed by atoms with van der Waals surface area (Å²) >= 11 is 3.43. The molecule has 3 rings (SSSR count). The number of benzene rings is 1. The molecular formula is C17H14BrN5. The number of anilines is 1. The minimum atomic E-state index is 0.649. The molecule has 0 amide bonds. The fourth-order valence-electron chi connectivity index (χ4n) is 1.98. The van der Waals surface area contributed by atoms with Gasteiger partial charge in [-0.25, -0.2) is 9.97 Å². The Labute approximate surface area is 142 Å². The fourth-order valence-corrected chi connectivity index (χ4v) is 2.24. The number of aromatic nitrogens is 3. The quantitative estimate of drug-likeness (QED) is 0.557. The van der Waals surface area contributed by atoms with Gasteiger partial charge in [0, 0.05) is 39.8 Å². The van der Waals surface area contributed by atoms with E-state index in [0.717, 1.165) is 21.3 Å². The maximum Gasteiger partial charge on any atom is 0.161 e. The summed E-state index contributed by atoms with van der Waals surface area (Å²) < 4.78 is 1.02. The van der Waals surface area contributed by atoms with Crippen molar-refractivity contribution in [3.63, 3.8) is 0 Å². The van der Waals surface area contributed by atoms with Crippen molar-refractivity contribution in [2.75, 3.05) is 5.43 Å². The van der Waals surface area contributed by atoms with Crippen LogP contribution in [0, 0.1) is 6.92 Å². The lowest BCUT2D eigenvalue weighted by molar-refractivity contribution is 1.10. The highest BCUT2D eigenvalue weighted by Crippen LogP contribution is 2.20. The molecule has 0 aliphatic carbocycles. The Morgan fingerprint density at radius 2 is 1.96 bits per heavy atom. The van der Waals surface area contributed by atoms with Crippen LogP contribution in [-0.2, 0) is 0 Å². The van der Waals surface area contributed by atoms with Crippen molar-refractivity contribution >= 4 is 28.0 Å². The van der Waals surface area contributed by atoms with E-state index in [2.05, 4.69) is 41.4 Å². The molecular weight excluding hydrogens is 354 g/mol. The molecule has 0 atom stereocenters. The van der Waals surface area contributed by atoms with Crippen LogP contribution in [0.3, 0.4) is 0 Å². The van der Waals surface area contributed by atoms with Gasteiger partial charge in [-0.1, -0.05) is 34.1 Å². The molecule has 1 aromatic carbocycles. The van der Waals surface area contributed by atoms with E-state index in [1.807, 2.05) is 49.4 Å². The topological polar surface area (TPSA) is 63.1 Å². The highest BCUT2D eigenvalue weighted by Gasteiger charge is 2.04. The highest BCUT2D eigenvalue weighted by atomic mass is 79.9. The summed E-state index contributed by atoms with van der Waals surface area (Å²) in [5.74, 6) is 1.31. The molecule has 2 aromatic heterocycles. The van der Waals surface area contributed by atoms with Gasteiger partial charge >= 0.3 is 0 Å². The Kier molecular flexibility index (Phi) is 4.73. The average Bonchev–Trinajstić information content (AvgIpc) is 2.56. The summed E-state index contributed by atoms with van der Waals surface area (Å²) in [6.07, 6.45) is 5.16. The maximum atomic E-state index is 4.50. The Morgan fingerprint density at radius 1 is 1.13 bits per heavy atom. The first kappa shape index (κ1) is 15.3. The van der Waals surface area contributed by atoms with Gasteiger partial charge in [0.25, 0.3) is 0 Å². The Morgan fingerprint density at radius 3 is 2.70 bits per heavy atom. The predicted octanol–water partition coefficient (Wildman–Crippen LogP) is 4.06. The smallest absolute Gasteiger partial charge is 0.161 e. The molecule has 0 aliphatic rings. The summed E-state index contributed by atoms with van der Waals surface area (Å²) in [6.45, 7) is 1.93. The van der Waals surface area contributed by atoms with Crippen LogP contribution in [0.2, 0.25) is 0 Å². The Balaban J connectivity index is 1.80. The SMILES string of the molecule is Cc1cc(N/N=C/c2cccnc2)nc(-c2ccc(Br)cc2)n1. The van der Waals surface area contributed by atoms with Gasteiger partial charge in [-0.05, 0) is 25.1 Å². The summed E-state index contributed by atoms with van der Waals surface area (Å²) in [5.41, 5.74) is 5.68. The third kappa shape index (κ3) is 4.20. The van der Waals surface area contributed by atoms with Gasteiger partial charge in [-0.2, -0.15) is 5.10 Å². The molecule has 5 nitrogen and oxygen atoms in total. The first-order valence-electron chi connectivity index (χ1n) is 7.01. The number of aryl methyl sites for hydroxylation is 1. The van der Waals surface area contributed by atoms with Gasteiger partial charge < -0.3 is 0 Å². The van der Waals surface area contributed by atoms with E-state index in [1.165, 1.54) is 0 Å². The molecule has 0 aliphatic heterocycles. The van der Waals surface area contributed by atoms with Crippen LogP contribution in [-0.4, -0.2) is 21.2 Å². The van der Waals surface area contributed by atoms with E-state index >= 15 is 0 Å². The number of pyridine rings is 1. The van der Waals surface area contributed by atoms with Crippen LogP contribution in [0.1, 0.15) is 11.3 Å². The number of nitrogens with one attached hydrogen (secondary N) is 1. The van der Waals surface area contributed by atoms with Crippen molar-refractivity contribution in [2.45, 2.75) is 6.92 Å². The van der Waals surface area contributed by atoms with Crippen molar-refractivity contribution in [1.82, 2.24) is 15.0 Å². The number of hydrogen-bond acceptors (Lipinski definition) is 5. The van der Waals surface area contributed by atoms with E-state index in [4.69, 9.17) is 0 Å². The Hall–Kier alpha value is -2.60. The fraction of sp³-hybridized carbons (Fsp3) is 0.0588. The summed E-state index contributed by atoms with van der Waals surface area (Å²) in [5, 5.41) is 4.19. The second-order valence-corrected chi connectivity index (χ2v) is 5.80. The minimum absolute atomic E-state index is 0.649. The molecule has 114 valence electrons. The van der Waals surface area contributed by atoms with Gasteiger partial charge in [0.2, 0.25) is 0 Å². The van der Waals surface area contributed by atoms with E-state index in [1.54, 1.807) is 18.6 Å². The van der Waals surface area contributed by atoms with Crippen molar-refractivity contribution in [3.8, 4) is 11.4 Å². The lowest BCUT2D eigenvalue weighted by atomic mass is 10.2. The molecule has 0 saturated heterocycles. The van der Waals surface area contributed by atoms with Crippen molar-refractivity contribution in [2.24, 2.45) is 5.10 Å². The normalized spacial score (nSPS) is 10.9. The van der Waals surface area contributed by atoms with Crippen LogP contribution in [0.4, 0.5) is 5.82 Å². The number of nitrogens with zero attached hydrogens (tertiary/aromatic N) is 4. The lowest BCUT2D eigenvalue weighted by Crippen LogP contribution is -1.99. The van der Waals surface area contributed by atoms with E-state index in [9.17, 15) is 0 Å².